The van der Waals surface area contributed by atoms with E-state index in [0.717, 1.165) is 12.5 Å². The van der Waals surface area contributed by atoms with Gasteiger partial charge in [0.25, 0.3) is 0 Å². The minimum atomic E-state index is -0.941. The predicted molar refractivity (Wildman–Crippen MR) is 77.7 cm³/mol. The normalized spacial score (nSPS) is 24.8. The van der Waals surface area contributed by atoms with Crippen LogP contribution in [0.5, 0.6) is 0 Å². The second kappa shape index (κ2) is 6.43. The Balaban J connectivity index is 2.11. The van der Waals surface area contributed by atoms with Crippen LogP contribution in [0.25, 0.3) is 0 Å². The Kier molecular flexibility index (Phi) is 4.83. The molecular formula is C15H17ClFNO3. The van der Waals surface area contributed by atoms with E-state index in [1.165, 1.54) is 12.1 Å². The molecule has 0 bridgehead atoms. The lowest BCUT2D eigenvalue weighted by molar-refractivity contribution is -0.145. The minimum Gasteiger partial charge on any atom is -0.481 e. The number of halogens is 2. The smallest absolute Gasteiger partial charge is 0.307 e. The van der Waals surface area contributed by atoms with Gasteiger partial charge in [-0.1, -0.05) is 24.9 Å². The Morgan fingerprint density at radius 3 is 2.62 bits per heavy atom. The number of anilines is 1. The van der Waals surface area contributed by atoms with Gasteiger partial charge in [-0.25, -0.2) is 4.39 Å². The van der Waals surface area contributed by atoms with Crippen molar-refractivity contribution in [3.8, 4) is 0 Å². The molecular weight excluding hydrogens is 297 g/mol. The highest BCUT2D eigenvalue weighted by Gasteiger charge is 2.42. The minimum absolute atomic E-state index is 0.0829. The Bertz CT molecular complexity index is 564. The summed E-state index contributed by atoms with van der Waals surface area (Å²) in [7, 11) is 0. The molecule has 0 spiro atoms. The zero-order valence-electron chi connectivity index (χ0n) is 11.6. The summed E-state index contributed by atoms with van der Waals surface area (Å²) in [6, 6.07) is 3.88. The van der Waals surface area contributed by atoms with Crippen molar-refractivity contribution in [3.63, 3.8) is 0 Å². The maximum atomic E-state index is 13.1. The second-order valence-electron chi connectivity index (χ2n) is 5.42. The molecule has 0 aromatic heterocycles. The first-order chi connectivity index (χ1) is 9.92. The number of carboxylic acids is 1. The van der Waals surface area contributed by atoms with Gasteiger partial charge < -0.3 is 10.4 Å². The number of aliphatic carboxylic acids is 1. The Hall–Kier alpha value is -1.62. The van der Waals surface area contributed by atoms with Crippen molar-refractivity contribution < 1.29 is 19.1 Å². The summed E-state index contributed by atoms with van der Waals surface area (Å²) in [5.41, 5.74) is 0.371. The van der Waals surface area contributed by atoms with Crippen LogP contribution >= 0.6 is 11.6 Å². The summed E-state index contributed by atoms with van der Waals surface area (Å²) in [6.07, 6.45) is 1.94. The molecule has 0 aliphatic heterocycles. The molecule has 4 nitrogen and oxygen atoms in total. The van der Waals surface area contributed by atoms with Gasteiger partial charge in [0.15, 0.2) is 0 Å². The number of rotatable bonds is 4. The summed E-state index contributed by atoms with van der Waals surface area (Å²) in [5, 5.41) is 11.8. The molecule has 3 unspecified atom stereocenters. The molecule has 0 saturated heterocycles. The summed E-state index contributed by atoms with van der Waals surface area (Å²) in [4.78, 5) is 23.6. The molecule has 6 heteroatoms. The molecule has 2 rings (SSSR count). The van der Waals surface area contributed by atoms with Crippen molar-refractivity contribution in [1.82, 2.24) is 0 Å². The van der Waals surface area contributed by atoms with Crippen LogP contribution < -0.4 is 5.32 Å². The van der Waals surface area contributed by atoms with E-state index >= 15 is 0 Å². The average molecular weight is 314 g/mol. The van der Waals surface area contributed by atoms with Gasteiger partial charge in [-0.3, -0.25) is 9.59 Å². The number of hydrogen-bond donors (Lipinski definition) is 2. The SMILES string of the molecule is CCC1CC(C(=O)O)C(C(=O)Nc2ccc(F)c(Cl)c2)C1. The highest BCUT2D eigenvalue weighted by molar-refractivity contribution is 6.31. The van der Waals surface area contributed by atoms with E-state index in [1.54, 1.807) is 0 Å². The monoisotopic (exact) mass is 313 g/mol. The summed E-state index contributed by atoms with van der Waals surface area (Å²) in [5.74, 6) is -2.82. The molecule has 1 fully saturated rings. The lowest BCUT2D eigenvalue weighted by Gasteiger charge is -2.15. The van der Waals surface area contributed by atoms with Gasteiger partial charge in [-0.2, -0.15) is 0 Å². The van der Waals surface area contributed by atoms with E-state index in [4.69, 9.17) is 11.6 Å². The molecule has 0 heterocycles. The van der Waals surface area contributed by atoms with E-state index < -0.39 is 23.6 Å². The van der Waals surface area contributed by atoms with E-state index in [-0.39, 0.29) is 16.8 Å². The van der Waals surface area contributed by atoms with Crippen LogP contribution in [0.2, 0.25) is 5.02 Å². The molecule has 3 atom stereocenters. The number of benzene rings is 1. The van der Waals surface area contributed by atoms with Crippen molar-refractivity contribution in [2.45, 2.75) is 26.2 Å². The summed E-state index contributed by atoms with van der Waals surface area (Å²) >= 11 is 5.66. The van der Waals surface area contributed by atoms with Crippen molar-refractivity contribution in [2.24, 2.45) is 17.8 Å². The molecule has 21 heavy (non-hydrogen) atoms. The maximum Gasteiger partial charge on any atom is 0.307 e. The molecule has 1 aromatic rings. The highest BCUT2D eigenvalue weighted by atomic mass is 35.5. The standard InChI is InChI=1S/C15H17ClFNO3/c1-2-8-5-10(11(6-8)15(20)21)14(19)18-9-3-4-13(17)12(16)7-9/h3-4,7-8,10-11H,2,5-6H2,1H3,(H,18,19)(H,20,21). The molecule has 1 amide bonds. The third kappa shape index (κ3) is 3.53. The average Bonchev–Trinajstić information content (AvgIpc) is 2.87. The van der Waals surface area contributed by atoms with Crippen LogP contribution in [-0.2, 0) is 9.59 Å². The number of nitrogens with one attached hydrogen (secondary N) is 1. The van der Waals surface area contributed by atoms with E-state index in [0.29, 0.717) is 18.5 Å². The molecule has 1 aromatic carbocycles. The van der Waals surface area contributed by atoms with Crippen LogP contribution in [0.3, 0.4) is 0 Å². The summed E-state index contributed by atoms with van der Waals surface area (Å²) in [6.45, 7) is 1.99. The van der Waals surface area contributed by atoms with Gasteiger partial charge in [-0.15, -0.1) is 0 Å². The number of amides is 1. The molecule has 1 aliphatic carbocycles. The fourth-order valence-corrected chi connectivity index (χ4v) is 3.03. The zero-order chi connectivity index (χ0) is 15.6. The predicted octanol–water partition coefficient (Wildman–Crippen LogP) is 3.55. The Morgan fingerprint density at radius 1 is 1.38 bits per heavy atom. The van der Waals surface area contributed by atoms with Crippen LogP contribution in [0.4, 0.5) is 10.1 Å². The molecule has 0 radical (unpaired) electrons. The van der Waals surface area contributed by atoms with E-state index in [1.807, 2.05) is 6.92 Å². The van der Waals surface area contributed by atoms with Gasteiger partial charge in [0, 0.05) is 5.69 Å². The van der Waals surface area contributed by atoms with E-state index in [9.17, 15) is 19.1 Å². The first kappa shape index (κ1) is 15.8. The first-order valence-electron chi connectivity index (χ1n) is 6.91. The van der Waals surface area contributed by atoms with Crippen molar-refractivity contribution >= 4 is 29.2 Å². The van der Waals surface area contributed by atoms with E-state index in [2.05, 4.69) is 5.32 Å². The molecule has 1 saturated carbocycles. The number of hydrogen-bond acceptors (Lipinski definition) is 2. The van der Waals surface area contributed by atoms with Gasteiger partial charge in [0.05, 0.1) is 16.9 Å². The molecule has 1 aliphatic rings. The van der Waals surface area contributed by atoms with Gasteiger partial charge in [-0.05, 0) is 37.0 Å². The van der Waals surface area contributed by atoms with Gasteiger partial charge >= 0.3 is 5.97 Å². The maximum absolute atomic E-state index is 13.1. The third-order valence-corrected chi connectivity index (χ3v) is 4.37. The van der Waals surface area contributed by atoms with Gasteiger partial charge in [0.1, 0.15) is 5.82 Å². The van der Waals surface area contributed by atoms with Crippen molar-refractivity contribution in [2.75, 3.05) is 5.32 Å². The zero-order valence-corrected chi connectivity index (χ0v) is 12.4. The van der Waals surface area contributed by atoms with Gasteiger partial charge in [0.2, 0.25) is 5.91 Å². The number of carboxylic acid groups (broad SMARTS) is 1. The fraction of sp³-hybridized carbons (Fsp3) is 0.467. The number of carbonyl (C=O) groups excluding carboxylic acids is 1. The van der Waals surface area contributed by atoms with Crippen molar-refractivity contribution in [3.05, 3.63) is 29.0 Å². The lowest BCUT2D eigenvalue weighted by atomic mass is 9.95. The Labute approximate surface area is 127 Å². The summed E-state index contributed by atoms with van der Waals surface area (Å²) < 4.78 is 13.1. The first-order valence-corrected chi connectivity index (χ1v) is 7.28. The highest BCUT2D eigenvalue weighted by Crippen LogP contribution is 2.39. The third-order valence-electron chi connectivity index (χ3n) is 4.08. The molecule has 114 valence electrons. The second-order valence-corrected chi connectivity index (χ2v) is 5.82. The quantitative estimate of drug-likeness (QED) is 0.893. The molecule has 2 N–H and O–H groups in total. The van der Waals surface area contributed by atoms with Crippen LogP contribution in [0.15, 0.2) is 18.2 Å². The largest absolute Gasteiger partial charge is 0.481 e. The fourth-order valence-electron chi connectivity index (χ4n) is 2.85. The Morgan fingerprint density at radius 2 is 2.05 bits per heavy atom. The van der Waals surface area contributed by atoms with Crippen molar-refractivity contribution in [1.29, 1.82) is 0 Å². The lowest BCUT2D eigenvalue weighted by Crippen LogP contribution is -2.30. The number of carbonyl (C=O) groups is 2. The van der Waals surface area contributed by atoms with Crippen LogP contribution in [-0.4, -0.2) is 17.0 Å². The topological polar surface area (TPSA) is 66.4 Å². The van der Waals surface area contributed by atoms with Crippen LogP contribution in [0.1, 0.15) is 26.2 Å². The van der Waals surface area contributed by atoms with Crippen LogP contribution in [0, 0.1) is 23.6 Å².